The van der Waals surface area contributed by atoms with E-state index >= 15 is 0 Å². The first-order chi connectivity index (χ1) is 7.53. The molecule has 7 heteroatoms. The fourth-order valence-corrected chi connectivity index (χ4v) is 2.17. The molecule has 0 saturated carbocycles. The number of esters is 1. The second-order valence-electron chi connectivity index (χ2n) is 3.18. The van der Waals surface area contributed by atoms with Gasteiger partial charge in [-0.3, -0.25) is 9.47 Å². The van der Waals surface area contributed by atoms with Crippen molar-refractivity contribution in [2.24, 2.45) is 0 Å². The van der Waals surface area contributed by atoms with E-state index in [1.54, 1.807) is 24.5 Å². The Morgan fingerprint density at radius 1 is 1.38 bits per heavy atom. The highest BCUT2D eigenvalue weighted by Crippen LogP contribution is 1.98. The maximum atomic E-state index is 11.5. The Labute approximate surface area is 94.2 Å². The Morgan fingerprint density at radius 3 is 2.56 bits per heavy atom. The largest absolute Gasteiger partial charge is 0.469 e. The Kier molecular flexibility index (Phi) is 4.36. The number of rotatable bonds is 6. The molecule has 1 aromatic rings. The van der Waals surface area contributed by atoms with E-state index in [1.165, 1.54) is 11.8 Å². The van der Waals surface area contributed by atoms with Gasteiger partial charge in [0.15, 0.2) is 0 Å². The van der Waals surface area contributed by atoms with Gasteiger partial charge in [-0.2, -0.15) is 0 Å². The lowest BCUT2D eigenvalue weighted by molar-refractivity contribution is -0.140. The molecule has 0 atom stereocenters. The van der Waals surface area contributed by atoms with Crippen LogP contribution in [0.15, 0.2) is 24.5 Å². The number of hydrogen-bond acceptors (Lipinski definition) is 4. The van der Waals surface area contributed by atoms with Gasteiger partial charge in [-0.05, 0) is 18.6 Å². The number of ether oxygens (including phenoxy) is 1. The highest BCUT2D eigenvalue weighted by molar-refractivity contribution is 7.92. The molecule has 0 bridgehead atoms. The van der Waals surface area contributed by atoms with E-state index in [4.69, 9.17) is 0 Å². The molecule has 1 heterocycles. The molecule has 0 amide bonds. The number of nitrogens with one attached hydrogen (secondary N) is 1. The summed E-state index contributed by atoms with van der Waals surface area (Å²) >= 11 is 0. The molecular weight excluding hydrogens is 232 g/mol. The third kappa shape index (κ3) is 4.35. The number of nitrogens with zero attached hydrogens (tertiary/aromatic N) is 1. The molecule has 1 aromatic heterocycles. The molecule has 6 nitrogen and oxygen atoms in total. The van der Waals surface area contributed by atoms with Crippen LogP contribution in [0.5, 0.6) is 0 Å². The van der Waals surface area contributed by atoms with Crippen molar-refractivity contribution >= 4 is 16.0 Å². The van der Waals surface area contributed by atoms with Crippen molar-refractivity contribution in [2.75, 3.05) is 17.7 Å². The molecule has 0 saturated heterocycles. The van der Waals surface area contributed by atoms with Gasteiger partial charge in [0.1, 0.15) is 0 Å². The van der Waals surface area contributed by atoms with Crippen molar-refractivity contribution in [3.8, 4) is 0 Å². The van der Waals surface area contributed by atoms with Crippen molar-refractivity contribution in [2.45, 2.75) is 12.8 Å². The molecule has 0 aliphatic rings. The van der Waals surface area contributed by atoms with Gasteiger partial charge in [0, 0.05) is 18.8 Å². The van der Waals surface area contributed by atoms with E-state index in [0.717, 1.165) is 0 Å². The standard InChI is InChI=1S/C9H14N2O4S/c1-15-9(12)5-4-8-16(13,14)10-11-6-2-3-7-11/h2-3,6-7,10H,4-5,8H2,1H3. The highest BCUT2D eigenvalue weighted by Gasteiger charge is 2.11. The van der Waals surface area contributed by atoms with Gasteiger partial charge >= 0.3 is 5.97 Å². The van der Waals surface area contributed by atoms with Crippen molar-refractivity contribution in [1.82, 2.24) is 4.68 Å². The smallest absolute Gasteiger partial charge is 0.305 e. The van der Waals surface area contributed by atoms with Crippen molar-refractivity contribution < 1.29 is 17.9 Å². The number of methoxy groups -OCH3 is 1. The van der Waals surface area contributed by atoms with Crippen LogP contribution in [0.4, 0.5) is 0 Å². The summed E-state index contributed by atoms with van der Waals surface area (Å²) in [5, 5.41) is 0. The first-order valence-electron chi connectivity index (χ1n) is 4.74. The zero-order valence-corrected chi connectivity index (χ0v) is 9.74. The monoisotopic (exact) mass is 246 g/mol. The fraction of sp³-hybridized carbons (Fsp3) is 0.444. The van der Waals surface area contributed by atoms with Crippen LogP contribution in [0.2, 0.25) is 0 Å². The Morgan fingerprint density at radius 2 is 2.00 bits per heavy atom. The second-order valence-corrected chi connectivity index (χ2v) is 5.00. The predicted molar refractivity (Wildman–Crippen MR) is 58.8 cm³/mol. The first-order valence-corrected chi connectivity index (χ1v) is 6.39. The van der Waals surface area contributed by atoms with Crippen LogP contribution >= 0.6 is 0 Å². The molecule has 0 spiro atoms. The van der Waals surface area contributed by atoms with Gasteiger partial charge in [0.25, 0.3) is 0 Å². The van der Waals surface area contributed by atoms with Gasteiger partial charge in [-0.25, -0.2) is 13.2 Å². The molecule has 90 valence electrons. The average molecular weight is 246 g/mol. The summed E-state index contributed by atoms with van der Waals surface area (Å²) in [5.41, 5.74) is 0. The van der Waals surface area contributed by atoms with E-state index in [-0.39, 0.29) is 18.6 Å². The minimum Gasteiger partial charge on any atom is -0.469 e. The number of sulfonamides is 1. The van der Waals surface area contributed by atoms with Crippen molar-refractivity contribution in [3.63, 3.8) is 0 Å². The van der Waals surface area contributed by atoms with E-state index in [0.29, 0.717) is 0 Å². The van der Waals surface area contributed by atoms with Gasteiger partial charge in [0.05, 0.1) is 12.9 Å². The fourth-order valence-electron chi connectivity index (χ4n) is 1.11. The van der Waals surface area contributed by atoms with Crippen molar-refractivity contribution in [1.29, 1.82) is 0 Å². The van der Waals surface area contributed by atoms with Crippen LogP contribution < -0.4 is 4.83 Å². The summed E-state index contributed by atoms with van der Waals surface area (Å²) in [6.45, 7) is 0. The summed E-state index contributed by atoms with van der Waals surface area (Å²) in [4.78, 5) is 13.1. The lowest BCUT2D eigenvalue weighted by Gasteiger charge is -2.07. The highest BCUT2D eigenvalue weighted by atomic mass is 32.2. The summed E-state index contributed by atoms with van der Waals surface area (Å²) in [6, 6.07) is 3.41. The third-order valence-electron chi connectivity index (χ3n) is 1.87. The number of aromatic nitrogens is 1. The van der Waals surface area contributed by atoms with Crippen LogP contribution in [-0.2, 0) is 19.6 Å². The summed E-state index contributed by atoms with van der Waals surface area (Å²) in [7, 11) is -2.13. The Balaban J connectivity index is 2.38. The SMILES string of the molecule is COC(=O)CCCS(=O)(=O)Nn1cccc1. The second kappa shape index (κ2) is 5.55. The summed E-state index contributed by atoms with van der Waals surface area (Å²) in [5.74, 6) is -0.517. The van der Waals surface area contributed by atoms with Crippen LogP contribution in [0.3, 0.4) is 0 Å². The quantitative estimate of drug-likeness (QED) is 0.733. The summed E-state index contributed by atoms with van der Waals surface area (Å²) < 4.78 is 28.7. The lowest BCUT2D eigenvalue weighted by atomic mass is 10.3. The minimum atomic E-state index is -3.40. The van der Waals surface area contributed by atoms with E-state index < -0.39 is 16.0 Å². The van der Waals surface area contributed by atoms with Gasteiger partial charge in [-0.15, -0.1) is 0 Å². The van der Waals surface area contributed by atoms with Crippen LogP contribution in [0, 0.1) is 0 Å². The molecule has 0 fully saturated rings. The molecule has 0 aromatic carbocycles. The molecule has 0 aliphatic heterocycles. The van der Waals surface area contributed by atoms with Crippen LogP contribution in [0.1, 0.15) is 12.8 Å². The summed E-state index contributed by atoms with van der Waals surface area (Å²) in [6.07, 6.45) is 3.50. The molecule has 16 heavy (non-hydrogen) atoms. The number of carbonyl (C=O) groups is 1. The molecule has 0 aliphatic carbocycles. The Bertz CT molecular complexity index is 424. The van der Waals surface area contributed by atoms with Crippen LogP contribution in [-0.4, -0.2) is 31.9 Å². The zero-order chi connectivity index (χ0) is 12.0. The van der Waals surface area contributed by atoms with E-state index in [2.05, 4.69) is 9.57 Å². The molecule has 0 unspecified atom stereocenters. The van der Waals surface area contributed by atoms with Gasteiger partial charge < -0.3 is 4.74 Å². The van der Waals surface area contributed by atoms with Crippen LogP contribution in [0.25, 0.3) is 0 Å². The van der Waals surface area contributed by atoms with Gasteiger partial charge in [-0.1, -0.05) is 0 Å². The number of hydrogen-bond donors (Lipinski definition) is 1. The maximum absolute atomic E-state index is 11.5. The maximum Gasteiger partial charge on any atom is 0.305 e. The molecule has 0 radical (unpaired) electrons. The Hall–Kier alpha value is -1.50. The first kappa shape index (κ1) is 12.6. The zero-order valence-electron chi connectivity index (χ0n) is 8.92. The molecule has 1 rings (SSSR count). The van der Waals surface area contributed by atoms with Gasteiger partial charge in [0.2, 0.25) is 10.0 Å². The minimum absolute atomic E-state index is 0.100. The van der Waals surface area contributed by atoms with E-state index in [9.17, 15) is 13.2 Å². The number of carbonyl (C=O) groups excluding carboxylic acids is 1. The third-order valence-corrected chi connectivity index (χ3v) is 3.19. The topological polar surface area (TPSA) is 77.4 Å². The van der Waals surface area contributed by atoms with E-state index in [1.807, 2.05) is 0 Å². The van der Waals surface area contributed by atoms with Crippen molar-refractivity contribution in [3.05, 3.63) is 24.5 Å². The lowest BCUT2D eigenvalue weighted by Crippen LogP contribution is -2.24. The molecular formula is C9H14N2O4S. The average Bonchev–Trinajstić information content (AvgIpc) is 2.69. The normalized spacial score (nSPS) is 11.1. The predicted octanol–water partition coefficient (Wildman–Crippen LogP) is 0.315. The molecule has 1 N–H and O–H groups in total.